The molecule has 96 valence electrons. The summed E-state index contributed by atoms with van der Waals surface area (Å²) in [6.07, 6.45) is 1.14. The molecule has 0 aliphatic heterocycles. The van der Waals surface area contributed by atoms with Crippen LogP contribution in [0.1, 0.15) is 32.6 Å². The monoisotopic (exact) mass is 240 g/mol. The third-order valence-corrected chi connectivity index (χ3v) is 2.24. The number of carbonyl (C=O) groups is 1. The van der Waals surface area contributed by atoms with E-state index in [1.807, 2.05) is 20.8 Å². The summed E-state index contributed by atoms with van der Waals surface area (Å²) in [6, 6.07) is 3.25. The number of ether oxygens (including phenoxy) is 1. The van der Waals surface area contributed by atoms with Crippen LogP contribution in [0.15, 0.2) is 22.8 Å². The summed E-state index contributed by atoms with van der Waals surface area (Å²) < 4.78 is 10.5. The number of nitrogens with zero attached hydrogens (tertiary/aromatic N) is 1. The van der Waals surface area contributed by atoms with Gasteiger partial charge in [0.25, 0.3) is 0 Å². The van der Waals surface area contributed by atoms with Crippen LogP contribution in [-0.2, 0) is 4.74 Å². The van der Waals surface area contributed by atoms with Gasteiger partial charge in [-0.3, -0.25) is 4.90 Å². The molecule has 0 aliphatic rings. The largest absolute Gasteiger partial charge is 0.467 e. The van der Waals surface area contributed by atoms with E-state index in [0.29, 0.717) is 5.76 Å². The molecule has 1 amide bonds. The first-order valence-corrected chi connectivity index (χ1v) is 5.54. The van der Waals surface area contributed by atoms with E-state index in [1.54, 1.807) is 25.4 Å². The van der Waals surface area contributed by atoms with Gasteiger partial charge < -0.3 is 14.9 Å². The molecule has 1 aromatic rings. The number of nitrogens with two attached hydrogens (primary N) is 1. The average Bonchev–Trinajstić information content (AvgIpc) is 2.69. The first-order chi connectivity index (χ1) is 7.85. The maximum absolute atomic E-state index is 11.9. The highest BCUT2D eigenvalue weighted by Gasteiger charge is 2.26. The molecule has 1 unspecified atom stereocenters. The van der Waals surface area contributed by atoms with E-state index in [2.05, 4.69) is 0 Å². The SMILES string of the molecule is CN(C(=O)OC(C)(C)C)C(CN)c1ccco1. The van der Waals surface area contributed by atoms with Gasteiger partial charge in [-0.05, 0) is 32.9 Å². The summed E-state index contributed by atoms with van der Waals surface area (Å²) >= 11 is 0. The molecule has 17 heavy (non-hydrogen) atoms. The molecule has 1 rings (SSSR count). The van der Waals surface area contributed by atoms with Gasteiger partial charge >= 0.3 is 6.09 Å². The molecule has 0 fully saturated rings. The zero-order valence-electron chi connectivity index (χ0n) is 10.8. The maximum atomic E-state index is 11.9. The third kappa shape index (κ3) is 3.78. The Kier molecular flexibility index (Phi) is 4.17. The highest BCUT2D eigenvalue weighted by atomic mass is 16.6. The molecule has 5 heteroatoms. The van der Waals surface area contributed by atoms with Crippen molar-refractivity contribution in [1.29, 1.82) is 0 Å². The van der Waals surface area contributed by atoms with Gasteiger partial charge in [-0.25, -0.2) is 4.79 Å². The van der Waals surface area contributed by atoms with E-state index in [0.717, 1.165) is 0 Å². The van der Waals surface area contributed by atoms with Crippen molar-refractivity contribution >= 4 is 6.09 Å². The van der Waals surface area contributed by atoms with Crippen LogP contribution in [0, 0.1) is 0 Å². The number of carbonyl (C=O) groups excluding carboxylic acids is 1. The van der Waals surface area contributed by atoms with Crippen molar-refractivity contribution in [2.45, 2.75) is 32.4 Å². The number of likely N-dealkylation sites (N-methyl/N-ethyl adjacent to an activating group) is 1. The van der Waals surface area contributed by atoms with E-state index in [-0.39, 0.29) is 12.6 Å². The minimum Gasteiger partial charge on any atom is -0.467 e. The molecule has 0 saturated heterocycles. The number of hydrogen-bond donors (Lipinski definition) is 1. The van der Waals surface area contributed by atoms with Crippen LogP contribution in [0.2, 0.25) is 0 Å². The number of amides is 1. The Bertz CT molecular complexity index is 354. The van der Waals surface area contributed by atoms with E-state index >= 15 is 0 Å². The lowest BCUT2D eigenvalue weighted by atomic mass is 10.2. The summed E-state index contributed by atoms with van der Waals surface area (Å²) in [5.74, 6) is 0.654. The predicted molar refractivity (Wildman–Crippen MR) is 64.5 cm³/mol. The van der Waals surface area contributed by atoms with Crippen molar-refractivity contribution in [3.8, 4) is 0 Å². The lowest BCUT2D eigenvalue weighted by molar-refractivity contribution is 0.0208. The molecule has 5 nitrogen and oxygen atoms in total. The minimum atomic E-state index is -0.520. The maximum Gasteiger partial charge on any atom is 0.410 e. The summed E-state index contributed by atoms with van der Waals surface area (Å²) in [4.78, 5) is 13.3. The lowest BCUT2D eigenvalue weighted by Gasteiger charge is -2.28. The Morgan fingerprint density at radius 3 is 2.65 bits per heavy atom. The fourth-order valence-corrected chi connectivity index (χ4v) is 1.41. The Labute approximate surface area is 102 Å². The van der Waals surface area contributed by atoms with Crippen LogP contribution < -0.4 is 5.73 Å². The van der Waals surface area contributed by atoms with Crippen molar-refractivity contribution in [2.75, 3.05) is 13.6 Å². The normalized spacial score (nSPS) is 13.2. The Morgan fingerprint density at radius 1 is 1.59 bits per heavy atom. The van der Waals surface area contributed by atoms with Gasteiger partial charge in [-0.15, -0.1) is 0 Å². The van der Waals surface area contributed by atoms with Gasteiger partial charge in [0.2, 0.25) is 0 Å². The molecule has 1 heterocycles. The topological polar surface area (TPSA) is 68.7 Å². The van der Waals surface area contributed by atoms with Crippen molar-refractivity contribution in [3.05, 3.63) is 24.2 Å². The molecule has 0 bridgehead atoms. The number of hydrogen-bond acceptors (Lipinski definition) is 4. The molecule has 0 radical (unpaired) electrons. The Hall–Kier alpha value is -1.49. The van der Waals surface area contributed by atoms with E-state index in [4.69, 9.17) is 14.9 Å². The van der Waals surface area contributed by atoms with Gasteiger partial charge in [-0.2, -0.15) is 0 Å². The van der Waals surface area contributed by atoms with Gasteiger partial charge in [0.15, 0.2) is 0 Å². The second-order valence-electron chi connectivity index (χ2n) is 4.86. The van der Waals surface area contributed by atoms with Crippen LogP contribution in [0.25, 0.3) is 0 Å². The Balaban J connectivity index is 2.73. The van der Waals surface area contributed by atoms with Crippen LogP contribution in [0.4, 0.5) is 4.79 Å². The molecule has 2 N–H and O–H groups in total. The molecule has 0 aromatic carbocycles. The van der Waals surface area contributed by atoms with Crippen LogP contribution in [-0.4, -0.2) is 30.2 Å². The van der Waals surface area contributed by atoms with Crippen molar-refractivity contribution < 1.29 is 13.9 Å². The van der Waals surface area contributed by atoms with Gasteiger partial charge in [-0.1, -0.05) is 0 Å². The molecule has 1 atom stereocenters. The zero-order valence-corrected chi connectivity index (χ0v) is 10.8. The minimum absolute atomic E-state index is 0.281. The zero-order chi connectivity index (χ0) is 13.1. The molecular formula is C12H20N2O3. The highest BCUT2D eigenvalue weighted by Crippen LogP contribution is 2.21. The first-order valence-electron chi connectivity index (χ1n) is 5.54. The first kappa shape index (κ1) is 13.6. The second kappa shape index (κ2) is 5.23. The molecule has 1 aromatic heterocycles. The van der Waals surface area contributed by atoms with E-state index < -0.39 is 11.7 Å². The van der Waals surface area contributed by atoms with Crippen LogP contribution in [0.3, 0.4) is 0 Å². The number of furan rings is 1. The second-order valence-corrected chi connectivity index (χ2v) is 4.86. The summed E-state index contributed by atoms with van der Waals surface area (Å²) in [5.41, 5.74) is 5.14. The smallest absolute Gasteiger partial charge is 0.410 e. The summed E-state index contributed by atoms with van der Waals surface area (Å²) in [7, 11) is 1.65. The highest BCUT2D eigenvalue weighted by molar-refractivity contribution is 5.68. The Morgan fingerprint density at radius 2 is 2.24 bits per heavy atom. The fraction of sp³-hybridized carbons (Fsp3) is 0.583. The van der Waals surface area contributed by atoms with Crippen molar-refractivity contribution in [1.82, 2.24) is 4.90 Å². The van der Waals surface area contributed by atoms with Crippen LogP contribution >= 0.6 is 0 Å². The van der Waals surface area contributed by atoms with E-state index in [1.165, 1.54) is 4.90 Å². The summed E-state index contributed by atoms with van der Waals surface area (Å²) in [6.45, 7) is 5.75. The number of rotatable bonds is 3. The third-order valence-electron chi connectivity index (χ3n) is 2.24. The molecule has 0 saturated carbocycles. The molecular weight excluding hydrogens is 220 g/mol. The molecule has 0 spiro atoms. The predicted octanol–water partition coefficient (Wildman–Crippen LogP) is 2.15. The van der Waals surface area contributed by atoms with Gasteiger partial charge in [0, 0.05) is 13.6 Å². The van der Waals surface area contributed by atoms with Gasteiger partial charge in [0.05, 0.1) is 6.26 Å². The average molecular weight is 240 g/mol. The van der Waals surface area contributed by atoms with E-state index in [9.17, 15) is 4.79 Å². The lowest BCUT2D eigenvalue weighted by Crippen LogP contribution is -2.39. The quantitative estimate of drug-likeness (QED) is 0.878. The van der Waals surface area contributed by atoms with Crippen molar-refractivity contribution in [3.63, 3.8) is 0 Å². The van der Waals surface area contributed by atoms with Crippen LogP contribution in [0.5, 0.6) is 0 Å². The fourth-order valence-electron chi connectivity index (χ4n) is 1.41. The standard InChI is InChI=1S/C12H20N2O3/c1-12(2,3)17-11(15)14(4)9(8-13)10-6-5-7-16-10/h5-7,9H,8,13H2,1-4H3. The van der Waals surface area contributed by atoms with Gasteiger partial charge in [0.1, 0.15) is 17.4 Å². The molecule has 0 aliphatic carbocycles. The van der Waals surface area contributed by atoms with Crippen molar-refractivity contribution in [2.24, 2.45) is 5.73 Å². The summed E-state index contributed by atoms with van der Waals surface area (Å²) in [5, 5.41) is 0.